The molecule has 10 heteroatoms. The van der Waals surface area contributed by atoms with Crippen LogP contribution < -0.4 is 10.0 Å². The van der Waals surface area contributed by atoms with E-state index < -0.39 is 15.8 Å². The molecular formula is C19H23FN4O4S. The molecule has 1 aromatic carbocycles. The third kappa shape index (κ3) is 5.64. The van der Waals surface area contributed by atoms with Gasteiger partial charge in [-0.2, -0.15) is 0 Å². The highest BCUT2D eigenvalue weighted by Crippen LogP contribution is 2.15. The Morgan fingerprint density at radius 2 is 1.90 bits per heavy atom. The predicted molar refractivity (Wildman–Crippen MR) is 104 cm³/mol. The lowest BCUT2D eigenvalue weighted by Crippen LogP contribution is -2.35. The summed E-state index contributed by atoms with van der Waals surface area (Å²) >= 11 is 0. The normalized spacial score (nSPS) is 14.2. The summed E-state index contributed by atoms with van der Waals surface area (Å²) in [5.41, 5.74) is 0.765. The fourth-order valence-corrected chi connectivity index (χ4v) is 4.13. The number of carbonyl (C=O) groups excluding carboxylic acids is 2. The molecule has 156 valence electrons. The molecule has 3 rings (SSSR count). The average Bonchev–Trinajstić information content (AvgIpc) is 3.37. The largest absolute Gasteiger partial charge is 0.356 e. The Balaban J connectivity index is 1.46. The molecule has 3 N–H and O–H groups in total. The Labute approximate surface area is 168 Å². The topological polar surface area (TPSA) is 111 Å². The molecule has 0 spiro atoms. The van der Waals surface area contributed by atoms with Gasteiger partial charge >= 0.3 is 0 Å². The van der Waals surface area contributed by atoms with Crippen LogP contribution in [0.1, 0.15) is 28.9 Å². The van der Waals surface area contributed by atoms with Gasteiger partial charge in [-0.05, 0) is 36.6 Å². The fraction of sp³-hybridized carbons (Fsp3) is 0.368. The van der Waals surface area contributed by atoms with Crippen molar-refractivity contribution in [2.45, 2.75) is 24.2 Å². The lowest BCUT2D eigenvalue weighted by molar-refractivity contribution is -0.120. The van der Waals surface area contributed by atoms with Gasteiger partial charge in [0.2, 0.25) is 15.9 Å². The molecule has 1 aromatic heterocycles. The number of halogens is 1. The highest BCUT2D eigenvalue weighted by molar-refractivity contribution is 7.89. The van der Waals surface area contributed by atoms with Crippen molar-refractivity contribution in [1.29, 1.82) is 0 Å². The van der Waals surface area contributed by atoms with Crippen LogP contribution >= 0.6 is 0 Å². The molecule has 0 saturated carbocycles. The lowest BCUT2D eigenvalue weighted by Gasteiger charge is -2.13. The van der Waals surface area contributed by atoms with Gasteiger partial charge in [-0.15, -0.1) is 0 Å². The summed E-state index contributed by atoms with van der Waals surface area (Å²) in [7, 11) is -3.81. The maximum absolute atomic E-state index is 13.1. The van der Waals surface area contributed by atoms with Crippen LogP contribution in [0.5, 0.6) is 0 Å². The van der Waals surface area contributed by atoms with Gasteiger partial charge in [0, 0.05) is 32.4 Å². The molecule has 0 radical (unpaired) electrons. The van der Waals surface area contributed by atoms with Gasteiger partial charge in [0.15, 0.2) is 0 Å². The first-order valence-corrected chi connectivity index (χ1v) is 10.8. The molecule has 1 fully saturated rings. The second-order valence-corrected chi connectivity index (χ2v) is 8.57. The van der Waals surface area contributed by atoms with E-state index in [0.717, 1.165) is 12.8 Å². The number of H-pyrrole nitrogens is 1. The number of nitrogens with zero attached hydrogens (tertiary/aromatic N) is 1. The monoisotopic (exact) mass is 422 g/mol. The van der Waals surface area contributed by atoms with Crippen LogP contribution in [0.3, 0.4) is 0 Å². The van der Waals surface area contributed by atoms with Crippen molar-refractivity contribution in [3.8, 4) is 0 Å². The van der Waals surface area contributed by atoms with Crippen molar-refractivity contribution in [2.24, 2.45) is 0 Å². The van der Waals surface area contributed by atoms with Crippen molar-refractivity contribution < 1.29 is 22.4 Å². The molecular weight excluding hydrogens is 399 g/mol. The molecule has 1 aliphatic heterocycles. The molecule has 2 heterocycles. The van der Waals surface area contributed by atoms with Gasteiger partial charge in [-0.25, -0.2) is 17.5 Å². The number of rotatable bonds is 8. The zero-order valence-electron chi connectivity index (χ0n) is 15.8. The van der Waals surface area contributed by atoms with E-state index in [1.54, 1.807) is 11.0 Å². The summed E-state index contributed by atoms with van der Waals surface area (Å²) < 4.78 is 40.2. The first-order chi connectivity index (χ1) is 13.8. The average molecular weight is 422 g/mol. The van der Waals surface area contributed by atoms with Crippen LogP contribution in [0.15, 0.2) is 41.4 Å². The second kappa shape index (κ2) is 9.19. The number of likely N-dealkylation sites (tertiary alicyclic amines) is 1. The number of amides is 2. The zero-order chi connectivity index (χ0) is 20.9. The van der Waals surface area contributed by atoms with Crippen LogP contribution in [0.4, 0.5) is 4.39 Å². The number of aromatic amines is 1. The fourth-order valence-electron chi connectivity index (χ4n) is 3.11. The van der Waals surface area contributed by atoms with E-state index in [9.17, 15) is 22.4 Å². The molecule has 29 heavy (non-hydrogen) atoms. The molecule has 1 saturated heterocycles. The van der Waals surface area contributed by atoms with Gasteiger partial charge in [0.1, 0.15) is 16.4 Å². The van der Waals surface area contributed by atoms with Gasteiger partial charge < -0.3 is 15.2 Å². The smallest absolute Gasteiger partial charge is 0.270 e. The van der Waals surface area contributed by atoms with Crippen LogP contribution in [0, 0.1) is 5.82 Å². The SMILES string of the molecule is O=C(Cc1cccc(F)c1)NCCNS(=O)(=O)c1c[nH]c(C(=O)N2CCCC2)c1. The number of carbonyl (C=O) groups is 2. The van der Waals surface area contributed by atoms with Crippen molar-refractivity contribution in [3.05, 3.63) is 53.6 Å². The van der Waals surface area contributed by atoms with Crippen LogP contribution in [-0.4, -0.2) is 56.3 Å². The molecule has 0 unspecified atom stereocenters. The molecule has 2 aromatic rings. The lowest BCUT2D eigenvalue weighted by atomic mass is 10.1. The third-order valence-electron chi connectivity index (χ3n) is 4.58. The third-order valence-corrected chi connectivity index (χ3v) is 6.02. The number of nitrogens with one attached hydrogen (secondary N) is 3. The first-order valence-electron chi connectivity index (χ1n) is 9.34. The van der Waals surface area contributed by atoms with Gasteiger partial charge in [-0.3, -0.25) is 9.59 Å². The molecule has 1 aliphatic rings. The summed E-state index contributed by atoms with van der Waals surface area (Å²) in [5.74, 6) is -0.972. The Morgan fingerprint density at radius 3 is 2.62 bits per heavy atom. The van der Waals surface area contributed by atoms with E-state index in [4.69, 9.17) is 0 Å². The maximum atomic E-state index is 13.1. The van der Waals surface area contributed by atoms with E-state index >= 15 is 0 Å². The minimum atomic E-state index is -3.81. The van der Waals surface area contributed by atoms with E-state index in [0.29, 0.717) is 18.7 Å². The minimum Gasteiger partial charge on any atom is -0.356 e. The number of hydrogen-bond donors (Lipinski definition) is 3. The number of aromatic nitrogens is 1. The van der Waals surface area contributed by atoms with Crippen molar-refractivity contribution in [1.82, 2.24) is 19.9 Å². The molecule has 0 atom stereocenters. The quantitative estimate of drug-likeness (QED) is 0.552. The van der Waals surface area contributed by atoms with Crippen molar-refractivity contribution in [2.75, 3.05) is 26.2 Å². The van der Waals surface area contributed by atoms with Gasteiger partial charge in [-0.1, -0.05) is 12.1 Å². The minimum absolute atomic E-state index is 0.00426. The Bertz CT molecular complexity index is 984. The summed E-state index contributed by atoms with van der Waals surface area (Å²) in [4.78, 5) is 28.5. The van der Waals surface area contributed by atoms with E-state index in [2.05, 4.69) is 15.0 Å². The summed E-state index contributed by atoms with van der Waals surface area (Å²) in [6.45, 7) is 1.41. The van der Waals surface area contributed by atoms with Crippen LogP contribution in [0.25, 0.3) is 0 Å². The van der Waals surface area contributed by atoms with Crippen LogP contribution in [-0.2, 0) is 21.2 Å². The maximum Gasteiger partial charge on any atom is 0.270 e. The van der Waals surface area contributed by atoms with Crippen LogP contribution in [0.2, 0.25) is 0 Å². The summed E-state index contributed by atoms with van der Waals surface area (Å²) in [5, 5.41) is 2.58. The second-order valence-electron chi connectivity index (χ2n) is 6.80. The van der Waals surface area contributed by atoms with E-state index in [1.165, 1.54) is 30.5 Å². The first kappa shape index (κ1) is 21.0. The Morgan fingerprint density at radius 1 is 1.14 bits per heavy atom. The van der Waals surface area contributed by atoms with Crippen molar-refractivity contribution in [3.63, 3.8) is 0 Å². The highest BCUT2D eigenvalue weighted by Gasteiger charge is 2.23. The van der Waals surface area contributed by atoms with Gasteiger partial charge in [0.05, 0.1) is 6.42 Å². The highest BCUT2D eigenvalue weighted by atomic mass is 32.2. The molecule has 0 aliphatic carbocycles. The van der Waals surface area contributed by atoms with E-state index in [-0.39, 0.29) is 41.9 Å². The van der Waals surface area contributed by atoms with E-state index in [1.807, 2.05) is 0 Å². The molecule has 0 bridgehead atoms. The number of sulfonamides is 1. The summed E-state index contributed by atoms with van der Waals surface area (Å²) in [6, 6.07) is 7.03. The Hall–Kier alpha value is -2.72. The Kier molecular flexibility index (Phi) is 6.65. The predicted octanol–water partition coefficient (Wildman–Crippen LogP) is 1.03. The van der Waals surface area contributed by atoms with Gasteiger partial charge in [0.25, 0.3) is 5.91 Å². The standard InChI is InChI=1S/C19H23FN4O4S/c20-15-5-3-4-14(10-15)11-18(25)21-6-7-23-29(27,28)16-12-17(22-13-16)19(26)24-8-1-2-9-24/h3-5,10,12-13,22-23H,1-2,6-9,11H2,(H,21,25). The summed E-state index contributed by atoms with van der Waals surface area (Å²) in [6.07, 6.45) is 3.17. The molecule has 2 amide bonds. The molecule has 8 nitrogen and oxygen atoms in total. The van der Waals surface area contributed by atoms with Crippen molar-refractivity contribution >= 4 is 21.8 Å². The number of hydrogen-bond acceptors (Lipinski definition) is 4. The zero-order valence-corrected chi connectivity index (χ0v) is 16.6. The number of benzene rings is 1.